The van der Waals surface area contributed by atoms with E-state index in [1.807, 2.05) is 31.2 Å². The molecule has 22 heavy (non-hydrogen) atoms. The number of anilines is 1. The van der Waals surface area contributed by atoms with Crippen molar-refractivity contribution < 1.29 is 9.53 Å². The highest BCUT2D eigenvalue weighted by molar-refractivity contribution is 6.05. The molecule has 0 aliphatic rings. The Bertz CT molecular complexity index is 688. The molecule has 2 rings (SSSR count). The number of carbonyl (C=O) groups is 1. The Morgan fingerprint density at radius 2 is 1.91 bits per heavy atom. The third-order valence-corrected chi connectivity index (χ3v) is 3.39. The standard InChI is InChI=1S/C18H22N2O2/c1-12-6-7-15(22-5)14(10-12)20-17(21)13-8-9-19-16(11-13)18(2,3)4/h6-11H,1-5H3,(H,20,21). The summed E-state index contributed by atoms with van der Waals surface area (Å²) in [5, 5.41) is 2.91. The van der Waals surface area contributed by atoms with Crippen LogP contribution in [0.15, 0.2) is 36.5 Å². The van der Waals surface area contributed by atoms with Gasteiger partial charge in [0.1, 0.15) is 5.75 Å². The first-order chi connectivity index (χ1) is 10.3. The van der Waals surface area contributed by atoms with Crippen LogP contribution in [0, 0.1) is 6.92 Å². The fraction of sp³-hybridized carbons (Fsp3) is 0.333. The summed E-state index contributed by atoms with van der Waals surface area (Å²) in [4.78, 5) is 16.8. The zero-order valence-corrected chi connectivity index (χ0v) is 13.7. The van der Waals surface area contributed by atoms with E-state index in [1.54, 1.807) is 19.4 Å². The first-order valence-electron chi connectivity index (χ1n) is 7.24. The second kappa shape index (κ2) is 6.18. The predicted molar refractivity (Wildman–Crippen MR) is 88.6 cm³/mol. The number of ether oxygens (including phenoxy) is 1. The van der Waals surface area contributed by atoms with Gasteiger partial charge in [-0.3, -0.25) is 9.78 Å². The number of amides is 1. The van der Waals surface area contributed by atoms with Crippen LogP contribution < -0.4 is 10.1 Å². The van der Waals surface area contributed by atoms with Gasteiger partial charge in [-0.2, -0.15) is 0 Å². The lowest BCUT2D eigenvalue weighted by molar-refractivity contribution is 0.102. The largest absolute Gasteiger partial charge is 0.495 e. The Kier molecular flexibility index (Phi) is 4.50. The Hall–Kier alpha value is -2.36. The van der Waals surface area contributed by atoms with E-state index < -0.39 is 0 Å². The number of nitrogens with zero attached hydrogens (tertiary/aromatic N) is 1. The molecule has 4 heteroatoms. The van der Waals surface area contributed by atoms with Gasteiger partial charge in [-0.05, 0) is 36.8 Å². The molecule has 0 bridgehead atoms. The monoisotopic (exact) mass is 298 g/mol. The summed E-state index contributed by atoms with van der Waals surface area (Å²) in [6, 6.07) is 9.23. The third kappa shape index (κ3) is 3.64. The average molecular weight is 298 g/mol. The van der Waals surface area contributed by atoms with Crippen molar-refractivity contribution in [1.82, 2.24) is 4.98 Å². The first kappa shape index (κ1) is 16.0. The summed E-state index contributed by atoms with van der Waals surface area (Å²) in [5.74, 6) is 0.473. The normalized spacial score (nSPS) is 11.1. The van der Waals surface area contributed by atoms with Crippen LogP contribution >= 0.6 is 0 Å². The van der Waals surface area contributed by atoms with E-state index in [9.17, 15) is 4.79 Å². The lowest BCUT2D eigenvalue weighted by Gasteiger charge is -2.18. The zero-order valence-electron chi connectivity index (χ0n) is 13.7. The Balaban J connectivity index is 2.28. The van der Waals surface area contributed by atoms with E-state index in [-0.39, 0.29) is 11.3 Å². The van der Waals surface area contributed by atoms with Crippen molar-refractivity contribution >= 4 is 11.6 Å². The lowest BCUT2D eigenvalue weighted by atomic mass is 9.91. The molecule has 0 saturated carbocycles. The molecule has 0 aliphatic carbocycles. The van der Waals surface area contributed by atoms with Gasteiger partial charge in [0, 0.05) is 22.9 Å². The minimum absolute atomic E-state index is 0.0999. The first-order valence-corrected chi connectivity index (χ1v) is 7.24. The fourth-order valence-corrected chi connectivity index (χ4v) is 2.10. The minimum Gasteiger partial charge on any atom is -0.495 e. The van der Waals surface area contributed by atoms with Crippen molar-refractivity contribution in [1.29, 1.82) is 0 Å². The summed E-state index contributed by atoms with van der Waals surface area (Å²) < 4.78 is 5.29. The van der Waals surface area contributed by atoms with E-state index in [0.717, 1.165) is 11.3 Å². The number of methoxy groups -OCH3 is 1. The molecular weight excluding hydrogens is 276 g/mol. The van der Waals surface area contributed by atoms with Crippen molar-refractivity contribution in [3.05, 3.63) is 53.3 Å². The van der Waals surface area contributed by atoms with Gasteiger partial charge < -0.3 is 10.1 Å². The number of hydrogen-bond donors (Lipinski definition) is 1. The minimum atomic E-state index is -0.170. The molecule has 0 fully saturated rings. The number of benzene rings is 1. The second-order valence-corrected chi connectivity index (χ2v) is 6.34. The van der Waals surface area contributed by atoms with Crippen LogP contribution in [-0.4, -0.2) is 18.0 Å². The van der Waals surface area contributed by atoms with Crippen molar-refractivity contribution in [3.63, 3.8) is 0 Å². The van der Waals surface area contributed by atoms with E-state index in [4.69, 9.17) is 4.74 Å². The van der Waals surface area contributed by atoms with Gasteiger partial charge in [-0.15, -0.1) is 0 Å². The zero-order chi connectivity index (χ0) is 16.3. The van der Waals surface area contributed by atoms with Crippen LogP contribution in [0.2, 0.25) is 0 Å². The van der Waals surface area contributed by atoms with Crippen LogP contribution in [0.4, 0.5) is 5.69 Å². The van der Waals surface area contributed by atoms with E-state index in [0.29, 0.717) is 17.0 Å². The summed E-state index contributed by atoms with van der Waals surface area (Å²) in [6.45, 7) is 8.18. The highest BCUT2D eigenvalue weighted by Crippen LogP contribution is 2.26. The van der Waals surface area contributed by atoms with Gasteiger partial charge >= 0.3 is 0 Å². The fourth-order valence-electron chi connectivity index (χ4n) is 2.10. The molecule has 4 nitrogen and oxygen atoms in total. The van der Waals surface area contributed by atoms with Gasteiger partial charge in [0.05, 0.1) is 12.8 Å². The van der Waals surface area contributed by atoms with Crippen molar-refractivity contribution in [2.24, 2.45) is 0 Å². The molecule has 1 aromatic heterocycles. The number of aromatic nitrogens is 1. The van der Waals surface area contributed by atoms with Crippen LogP contribution in [0.3, 0.4) is 0 Å². The van der Waals surface area contributed by atoms with Crippen molar-refractivity contribution in [2.45, 2.75) is 33.1 Å². The lowest BCUT2D eigenvalue weighted by Crippen LogP contribution is -2.17. The average Bonchev–Trinajstić information content (AvgIpc) is 2.47. The predicted octanol–water partition coefficient (Wildman–Crippen LogP) is 3.95. The number of pyridine rings is 1. The van der Waals surface area contributed by atoms with Gasteiger partial charge in [0.15, 0.2) is 0 Å². The SMILES string of the molecule is COc1ccc(C)cc1NC(=O)c1ccnc(C(C)(C)C)c1. The van der Waals surface area contributed by atoms with Crippen LogP contribution in [-0.2, 0) is 5.41 Å². The summed E-state index contributed by atoms with van der Waals surface area (Å²) in [5.41, 5.74) is 3.10. The Morgan fingerprint density at radius 3 is 2.55 bits per heavy atom. The Labute approximate surface area is 131 Å². The van der Waals surface area contributed by atoms with Crippen LogP contribution in [0.1, 0.15) is 42.4 Å². The number of nitrogens with one attached hydrogen (secondary N) is 1. The van der Waals surface area contributed by atoms with E-state index in [1.165, 1.54) is 0 Å². The summed E-state index contributed by atoms with van der Waals surface area (Å²) in [7, 11) is 1.59. The van der Waals surface area contributed by atoms with Crippen LogP contribution in [0.25, 0.3) is 0 Å². The molecule has 0 radical (unpaired) electrons. The molecule has 1 N–H and O–H groups in total. The molecule has 0 aliphatic heterocycles. The van der Waals surface area contributed by atoms with Crippen molar-refractivity contribution in [3.8, 4) is 5.75 Å². The molecule has 116 valence electrons. The molecule has 2 aromatic rings. The number of carbonyl (C=O) groups excluding carboxylic acids is 1. The molecule has 0 atom stereocenters. The maximum absolute atomic E-state index is 12.5. The quantitative estimate of drug-likeness (QED) is 0.933. The molecule has 0 saturated heterocycles. The summed E-state index contributed by atoms with van der Waals surface area (Å²) >= 11 is 0. The number of rotatable bonds is 3. The maximum Gasteiger partial charge on any atom is 0.255 e. The van der Waals surface area contributed by atoms with Crippen molar-refractivity contribution in [2.75, 3.05) is 12.4 Å². The smallest absolute Gasteiger partial charge is 0.255 e. The van der Waals surface area contributed by atoms with Gasteiger partial charge in [0.25, 0.3) is 5.91 Å². The molecular formula is C18H22N2O2. The molecule has 0 spiro atoms. The second-order valence-electron chi connectivity index (χ2n) is 6.34. The third-order valence-electron chi connectivity index (χ3n) is 3.39. The van der Waals surface area contributed by atoms with E-state index in [2.05, 4.69) is 31.1 Å². The van der Waals surface area contributed by atoms with Gasteiger partial charge in [0.2, 0.25) is 0 Å². The van der Waals surface area contributed by atoms with E-state index >= 15 is 0 Å². The molecule has 1 amide bonds. The maximum atomic E-state index is 12.5. The van der Waals surface area contributed by atoms with Crippen LogP contribution in [0.5, 0.6) is 5.75 Å². The topological polar surface area (TPSA) is 51.2 Å². The molecule has 0 unspecified atom stereocenters. The summed E-state index contributed by atoms with van der Waals surface area (Å²) in [6.07, 6.45) is 1.67. The number of aryl methyl sites for hydroxylation is 1. The highest BCUT2D eigenvalue weighted by Gasteiger charge is 2.18. The van der Waals surface area contributed by atoms with Gasteiger partial charge in [-0.1, -0.05) is 26.8 Å². The highest BCUT2D eigenvalue weighted by atomic mass is 16.5. The molecule has 1 heterocycles. The van der Waals surface area contributed by atoms with Gasteiger partial charge in [-0.25, -0.2) is 0 Å². The number of hydrogen-bond acceptors (Lipinski definition) is 3. The molecule has 1 aromatic carbocycles. The Morgan fingerprint density at radius 1 is 1.18 bits per heavy atom.